The third-order valence-electron chi connectivity index (χ3n) is 4.54. The summed E-state index contributed by atoms with van der Waals surface area (Å²) in [5.74, 6) is 0.196. The van der Waals surface area contributed by atoms with Crippen molar-refractivity contribution in [1.82, 2.24) is 9.97 Å². The van der Waals surface area contributed by atoms with Gasteiger partial charge in [-0.2, -0.15) is 0 Å². The molecule has 0 unspecified atom stereocenters. The SMILES string of the molecule is CC1(C)O[C@@H]2[C@H](O1)[C@@H](CO)O[C@H]2c1cnc(=O)[nH]c1SCC[Si](C)(C)C. The zero-order valence-corrected chi connectivity index (χ0v) is 17.8. The molecule has 2 aliphatic rings. The third kappa shape index (κ3) is 4.40. The molecule has 0 amide bonds. The van der Waals surface area contributed by atoms with Gasteiger partial charge in [0.2, 0.25) is 0 Å². The van der Waals surface area contributed by atoms with E-state index in [1.54, 1.807) is 18.0 Å². The molecule has 4 atom stereocenters. The van der Waals surface area contributed by atoms with Crippen molar-refractivity contribution in [2.45, 2.75) is 74.8 Å². The molecule has 146 valence electrons. The van der Waals surface area contributed by atoms with Crippen LogP contribution in [0.3, 0.4) is 0 Å². The molecule has 0 aromatic carbocycles. The van der Waals surface area contributed by atoms with Gasteiger partial charge in [0.05, 0.1) is 11.6 Å². The van der Waals surface area contributed by atoms with E-state index in [1.807, 2.05) is 13.8 Å². The van der Waals surface area contributed by atoms with Crippen LogP contribution in [0.2, 0.25) is 25.7 Å². The Balaban J connectivity index is 1.85. The van der Waals surface area contributed by atoms with E-state index in [4.69, 9.17) is 14.2 Å². The predicted octanol–water partition coefficient (Wildman–Crippen LogP) is 2.15. The monoisotopic (exact) mass is 400 g/mol. The van der Waals surface area contributed by atoms with Crippen LogP contribution in [0.15, 0.2) is 16.0 Å². The van der Waals surface area contributed by atoms with Gasteiger partial charge in [-0.25, -0.2) is 9.78 Å². The average Bonchev–Trinajstić information content (AvgIpc) is 2.99. The van der Waals surface area contributed by atoms with Gasteiger partial charge in [-0.3, -0.25) is 0 Å². The Kier molecular flexibility index (Phi) is 5.67. The molecule has 2 fully saturated rings. The molecular formula is C17H28N2O5SSi. The number of aliphatic hydroxyl groups is 1. The van der Waals surface area contributed by atoms with Crippen LogP contribution in [0, 0.1) is 0 Å². The molecule has 3 rings (SSSR count). The first-order valence-electron chi connectivity index (χ1n) is 8.94. The second-order valence-corrected chi connectivity index (χ2v) is 15.2. The molecule has 2 saturated heterocycles. The summed E-state index contributed by atoms with van der Waals surface area (Å²) in [7, 11) is -1.17. The molecule has 1 aromatic heterocycles. The lowest BCUT2D eigenvalue weighted by molar-refractivity contribution is -0.191. The zero-order valence-electron chi connectivity index (χ0n) is 15.9. The Labute approximate surface area is 158 Å². The average molecular weight is 401 g/mol. The molecule has 2 N–H and O–H groups in total. The third-order valence-corrected chi connectivity index (χ3v) is 7.69. The number of hydrogen-bond acceptors (Lipinski definition) is 7. The number of hydrogen-bond donors (Lipinski definition) is 2. The molecule has 7 nitrogen and oxygen atoms in total. The first-order chi connectivity index (χ1) is 12.1. The van der Waals surface area contributed by atoms with Crippen LogP contribution < -0.4 is 5.69 Å². The minimum absolute atomic E-state index is 0.147. The van der Waals surface area contributed by atoms with Crippen LogP contribution in [-0.2, 0) is 14.2 Å². The van der Waals surface area contributed by atoms with Crippen molar-refractivity contribution in [3.8, 4) is 0 Å². The van der Waals surface area contributed by atoms with Crippen molar-refractivity contribution in [1.29, 1.82) is 0 Å². The summed E-state index contributed by atoms with van der Waals surface area (Å²) in [6, 6.07) is 1.14. The first-order valence-corrected chi connectivity index (χ1v) is 13.6. The van der Waals surface area contributed by atoms with Crippen molar-refractivity contribution in [3.63, 3.8) is 0 Å². The Hall–Kier alpha value is -0.713. The lowest BCUT2D eigenvalue weighted by atomic mass is 10.0. The highest BCUT2D eigenvalue weighted by atomic mass is 32.2. The van der Waals surface area contributed by atoms with Gasteiger partial charge in [-0.05, 0) is 25.6 Å². The second-order valence-electron chi connectivity index (χ2n) is 8.47. The fourth-order valence-electron chi connectivity index (χ4n) is 3.25. The van der Waals surface area contributed by atoms with Crippen LogP contribution in [0.25, 0.3) is 0 Å². The molecule has 0 spiro atoms. The van der Waals surface area contributed by atoms with Gasteiger partial charge in [0.15, 0.2) is 5.79 Å². The van der Waals surface area contributed by atoms with Gasteiger partial charge in [0.1, 0.15) is 24.4 Å². The molecular weight excluding hydrogens is 372 g/mol. The van der Waals surface area contributed by atoms with E-state index in [9.17, 15) is 9.90 Å². The number of ether oxygens (including phenoxy) is 3. The minimum atomic E-state index is -1.17. The molecule has 0 bridgehead atoms. The Morgan fingerprint density at radius 2 is 2.00 bits per heavy atom. The summed E-state index contributed by atoms with van der Waals surface area (Å²) < 4.78 is 18.0. The van der Waals surface area contributed by atoms with Gasteiger partial charge in [0, 0.05) is 19.8 Å². The maximum absolute atomic E-state index is 11.8. The van der Waals surface area contributed by atoms with Crippen LogP contribution >= 0.6 is 11.8 Å². The summed E-state index contributed by atoms with van der Waals surface area (Å²) in [5.41, 5.74) is 0.416. The highest BCUT2D eigenvalue weighted by Gasteiger charge is 2.55. The summed E-state index contributed by atoms with van der Waals surface area (Å²) >= 11 is 1.62. The lowest BCUT2D eigenvalue weighted by Crippen LogP contribution is -2.31. The summed E-state index contributed by atoms with van der Waals surface area (Å²) in [5, 5.41) is 10.4. The fourth-order valence-corrected chi connectivity index (χ4v) is 6.81. The van der Waals surface area contributed by atoms with Gasteiger partial charge in [0.25, 0.3) is 0 Å². The maximum atomic E-state index is 11.8. The smallest absolute Gasteiger partial charge is 0.345 e. The van der Waals surface area contributed by atoms with Crippen molar-refractivity contribution >= 4 is 19.8 Å². The van der Waals surface area contributed by atoms with Crippen LogP contribution in [0.5, 0.6) is 0 Å². The van der Waals surface area contributed by atoms with Crippen LogP contribution in [-0.4, -0.2) is 59.6 Å². The molecule has 3 heterocycles. The summed E-state index contributed by atoms with van der Waals surface area (Å²) in [6.07, 6.45) is -0.0135. The highest BCUT2D eigenvalue weighted by molar-refractivity contribution is 7.99. The van der Waals surface area contributed by atoms with E-state index < -0.39 is 26.1 Å². The Morgan fingerprint density at radius 3 is 2.65 bits per heavy atom. The minimum Gasteiger partial charge on any atom is -0.394 e. The molecule has 0 radical (unpaired) electrons. The number of thioether (sulfide) groups is 1. The number of H-pyrrole nitrogens is 1. The highest BCUT2D eigenvalue weighted by Crippen LogP contribution is 2.46. The van der Waals surface area contributed by atoms with Gasteiger partial charge in [-0.15, -0.1) is 11.8 Å². The lowest BCUT2D eigenvalue weighted by Gasteiger charge is -2.24. The van der Waals surface area contributed by atoms with E-state index >= 15 is 0 Å². The zero-order chi connectivity index (χ0) is 19.1. The number of aromatic nitrogens is 2. The molecule has 9 heteroatoms. The van der Waals surface area contributed by atoms with Crippen LogP contribution in [0.1, 0.15) is 25.5 Å². The van der Waals surface area contributed by atoms with Crippen LogP contribution in [0.4, 0.5) is 0 Å². The standard InChI is InChI=1S/C17H28N2O5SSi/c1-17(2)23-13-11(9-20)22-12(14(13)24-17)10-8-18-16(21)19-15(10)25-6-7-26(3,4)5/h8,11-14,20H,6-7,9H2,1-5H3,(H,18,19,21)/t11-,12+,13-,14+/m1/s1. The Bertz CT molecular complexity index is 705. The topological polar surface area (TPSA) is 93.7 Å². The molecule has 0 aliphatic carbocycles. The van der Waals surface area contributed by atoms with Crippen molar-refractivity contribution in [3.05, 3.63) is 22.2 Å². The molecule has 2 aliphatic heterocycles. The summed E-state index contributed by atoms with van der Waals surface area (Å²) in [6.45, 7) is 10.5. The number of aromatic amines is 1. The van der Waals surface area contributed by atoms with Crippen molar-refractivity contribution in [2.75, 3.05) is 12.4 Å². The maximum Gasteiger partial charge on any atom is 0.345 e. The van der Waals surface area contributed by atoms with E-state index in [0.717, 1.165) is 22.4 Å². The van der Waals surface area contributed by atoms with E-state index in [-0.39, 0.29) is 24.5 Å². The number of nitrogens with zero attached hydrogens (tertiary/aromatic N) is 1. The van der Waals surface area contributed by atoms with E-state index in [2.05, 4.69) is 29.6 Å². The number of nitrogens with one attached hydrogen (secondary N) is 1. The van der Waals surface area contributed by atoms with Crippen molar-refractivity contribution < 1.29 is 19.3 Å². The molecule has 1 aromatic rings. The number of fused-ring (bicyclic) bond motifs is 1. The normalized spacial score (nSPS) is 30.5. The fraction of sp³-hybridized carbons (Fsp3) is 0.765. The summed E-state index contributed by atoms with van der Waals surface area (Å²) in [4.78, 5) is 18.5. The van der Waals surface area contributed by atoms with Gasteiger partial charge in [-0.1, -0.05) is 19.6 Å². The first kappa shape index (κ1) is 20.0. The van der Waals surface area contributed by atoms with Gasteiger partial charge >= 0.3 is 5.69 Å². The number of aliphatic hydroxyl groups excluding tert-OH is 1. The van der Waals surface area contributed by atoms with Gasteiger partial charge < -0.3 is 24.3 Å². The second kappa shape index (κ2) is 7.37. The predicted molar refractivity (Wildman–Crippen MR) is 102 cm³/mol. The van der Waals surface area contributed by atoms with Crippen molar-refractivity contribution in [2.24, 2.45) is 0 Å². The number of rotatable bonds is 6. The Morgan fingerprint density at radius 1 is 1.31 bits per heavy atom. The largest absolute Gasteiger partial charge is 0.394 e. The van der Waals surface area contributed by atoms with E-state index in [0.29, 0.717) is 0 Å². The molecule has 26 heavy (non-hydrogen) atoms. The quantitative estimate of drug-likeness (QED) is 0.429. The van der Waals surface area contributed by atoms with E-state index in [1.165, 1.54) is 0 Å². The molecule has 0 saturated carbocycles.